The van der Waals surface area contributed by atoms with Gasteiger partial charge in [-0.2, -0.15) is 4.31 Å². The lowest BCUT2D eigenvalue weighted by Crippen LogP contribution is -2.38. The van der Waals surface area contributed by atoms with Gasteiger partial charge in [-0.05, 0) is 6.42 Å². The Morgan fingerprint density at radius 1 is 1.58 bits per heavy atom. The highest BCUT2D eigenvalue weighted by atomic mass is 35.5. The normalized spacial score (nSPS) is 11.8. The van der Waals surface area contributed by atoms with E-state index in [9.17, 15) is 13.2 Å². The summed E-state index contributed by atoms with van der Waals surface area (Å²) in [4.78, 5) is 15.3. The van der Waals surface area contributed by atoms with Crippen LogP contribution in [-0.4, -0.2) is 48.3 Å². The van der Waals surface area contributed by atoms with E-state index in [0.717, 1.165) is 10.7 Å². The first kappa shape index (κ1) is 15.9. The summed E-state index contributed by atoms with van der Waals surface area (Å²) in [6, 6.07) is 0. The molecule has 19 heavy (non-hydrogen) atoms. The van der Waals surface area contributed by atoms with Crippen molar-refractivity contribution in [3.8, 4) is 0 Å². The number of hydrogen-bond donors (Lipinski definition) is 1. The third-order valence-corrected chi connectivity index (χ3v) is 4.72. The van der Waals surface area contributed by atoms with E-state index < -0.39 is 10.0 Å². The van der Waals surface area contributed by atoms with Crippen molar-refractivity contribution in [2.45, 2.75) is 18.4 Å². The first-order chi connectivity index (χ1) is 8.80. The smallest absolute Gasteiger partial charge is 0.263 e. The number of aryl methyl sites for hydroxylation is 1. The monoisotopic (exact) mass is 308 g/mol. The molecule has 1 aromatic rings. The Morgan fingerprint density at radius 2 is 2.21 bits per heavy atom. The van der Waals surface area contributed by atoms with Crippen LogP contribution < -0.4 is 5.32 Å². The van der Waals surface area contributed by atoms with E-state index in [1.807, 2.05) is 6.92 Å². The van der Waals surface area contributed by atoms with Crippen molar-refractivity contribution >= 4 is 27.5 Å². The third kappa shape index (κ3) is 3.68. The molecular weight excluding hydrogens is 292 g/mol. The Hall–Kier alpha value is -1.12. The van der Waals surface area contributed by atoms with Crippen LogP contribution in [0.2, 0.25) is 5.15 Å². The van der Waals surface area contributed by atoms with E-state index in [-0.39, 0.29) is 22.6 Å². The molecule has 108 valence electrons. The van der Waals surface area contributed by atoms with Gasteiger partial charge in [-0.3, -0.25) is 4.79 Å². The number of hydrogen-bond acceptors (Lipinski definition) is 4. The second kappa shape index (κ2) is 6.36. The number of amides is 1. The minimum Gasteiger partial charge on any atom is -0.355 e. The number of nitrogens with one attached hydrogen (secondary N) is 1. The summed E-state index contributed by atoms with van der Waals surface area (Å²) in [6.45, 7) is 2.15. The highest BCUT2D eigenvalue weighted by molar-refractivity contribution is 7.89. The quantitative estimate of drug-likeness (QED) is 0.815. The van der Waals surface area contributed by atoms with Gasteiger partial charge in [-0.25, -0.2) is 13.4 Å². The Kier molecular flexibility index (Phi) is 5.33. The van der Waals surface area contributed by atoms with Crippen molar-refractivity contribution in [3.63, 3.8) is 0 Å². The van der Waals surface area contributed by atoms with E-state index in [1.165, 1.54) is 17.9 Å². The number of likely N-dealkylation sites (N-methyl/N-ethyl adjacent to an activating group) is 1. The highest BCUT2D eigenvalue weighted by Crippen LogP contribution is 2.21. The number of sulfonamides is 1. The van der Waals surface area contributed by atoms with Gasteiger partial charge in [-0.1, -0.05) is 18.5 Å². The van der Waals surface area contributed by atoms with Crippen molar-refractivity contribution in [3.05, 3.63) is 11.5 Å². The maximum absolute atomic E-state index is 12.2. The van der Waals surface area contributed by atoms with Crippen molar-refractivity contribution in [2.75, 3.05) is 20.1 Å². The van der Waals surface area contributed by atoms with E-state index in [0.29, 0.717) is 6.54 Å². The average Bonchev–Trinajstić information content (AvgIpc) is 2.67. The maximum Gasteiger partial charge on any atom is 0.263 e. The molecule has 0 aliphatic rings. The summed E-state index contributed by atoms with van der Waals surface area (Å²) in [5.74, 6) is -0.361. The molecule has 0 fully saturated rings. The van der Waals surface area contributed by atoms with Crippen LogP contribution in [0, 0.1) is 0 Å². The van der Waals surface area contributed by atoms with Crippen LogP contribution in [0.3, 0.4) is 0 Å². The highest BCUT2D eigenvalue weighted by Gasteiger charge is 2.28. The number of carbonyl (C=O) groups is 1. The number of carbonyl (C=O) groups excluding carboxylic acids is 1. The summed E-state index contributed by atoms with van der Waals surface area (Å²) in [7, 11) is -0.963. The molecule has 9 heteroatoms. The fourth-order valence-corrected chi connectivity index (χ4v) is 2.83. The minimum atomic E-state index is -3.86. The van der Waals surface area contributed by atoms with Crippen molar-refractivity contribution < 1.29 is 13.2 Å². The topological polar surface area (TPSA) is 84.3 Å². The van der Waals surface area contributed by atoms with Crippen LogP contribution in [0.25, 0.3) is 0 Å². The molecule has 0 saturated heterocycles. The van der Waals surface area contributed by atoms with Crippen LogP contribution >= 0.6 is 11.6 Å². The molecule has 1 N–H and O–H groups in total. The first-order valence-corrected chi connectivity index (χ1v) is 7.52. The predicted molar refractivity (Wildman–Crippen MR) is 71.3 cm³/mol. The van der Waals surface area contributed by atoms with Gasteiger partial charge in [0.2, 0.25) is 10.9 Å². The molecule has 0 bridgehead atoms. The zero-order valence-corrected chi connectivity index (χ0v) is 12.6. The van der Waals surface area contributed by atoms with E-state index in [1.54, 1.807) is 7.05 Å². The molecular formula is C10H17ClN4O3S. The molecule has 0 aromatic carbocycles. The van der Waals surface area contributed by atoms with Crippen LogP contribution in [0.4, 0.5) is 0 Å². The van der Waals surface area contributed by atoms with Gasteiger partial charge < -0.3 is 9.88 Å². The Morgan fingerprint density at radius 3 is 2.68 bits per heavy atom. The molecule has 7 nitrogen and oxygen atoms in total. The SMILES string of the molecule is CCCNC(=O)CN(C)S(=O)(=O)c1ncn(C)c1Cl. The third-order valence-electron chi connectivity index (χ3n) is 2.43. The van der Waals surface area contributed by atoms with Gasteiger partial charge in [0, 0.05) is 20.6 Å². The second-order valence-corrected chi connectivity index (χ2v) is 6.38. The van der Waals surface area contributed by atoms with Crippen LogP contribution in [0.15, 0.2) is 11.4 Å². The fraction of sp³-hybridized carbons (Fsp3) is 0.600. The van der Waals surface area contributed by atoms with Crippen molar-refractivity contribution in [1.29, 1.82) is 0 Å². The van der Waals surface area contributed by atoms with E-state index in [2.05, 4.69) is 10.3 Å². The summed E-state index contributed by atoms with van der Waals surface area (Å²) >= 11 is 5.85. The van der Waals surface area contributed by atoms with Gasteiger partial charge >= 0.3 is 0 Å². The number of aromatic nitrogens is 2. The van der Waals surface area contributed by atoms with Gasteiger partial charge in [0.05, 0.1) is 12.9 Å². The maximum atomic E-state index is 12.2. The summed E-state index contributed by atoms with van der Waals surface area (Å²) in [5, 5.41) is 2.37. The Balaban J connectivity index is 2.83. The van der Waals surface area contributed by atoms with E-state index in [4.69, 9.17) is 11.6 Å². The molecule has 0 aliphatic heterocycles. The molecule has 0 unspecified atom stereocenters. The summed E-state index contributed by atoms with van der Waals surface area (Å²) in [6.07, 6.45) is 2.09. The van der Waals surface area contributed by atoms with Gasteiger partial charge in [0.15, 0.2) is 0 Å². The van der Waals surface area contributed by atoms with Crippen LogP contribution in [0.5, 0.6) is 0 Å². The second-order valence-electron chi connectivity index (χ2n) is 4.06. The lowest BCUT2D eigenvalue weighted by Gasteiger charge is -2.15. The average molecular weight is 309 g/mol. The van der Waals surface area contributed by atoms with Gasteiger partial charge in [0.1, 0.15) is 5.15 Å². The van der Waals surface area contributed by atoms with Gasteiger partial charge in [0.25, 0.3) is 10.0 Å². The van der Waals surface area contributed by atoms with Crippen molar-refractivity contribution in [1.82, 2.24) is 19.2 Å². The standard InChI is InChI=1S/C10H17ClN4O3S/c1-4-5-12-8(16)6-15(3)19(17,18)10-9(11)14(2)7-13-10/h7H,4-6H2,1-3H3,(H,12,16). The number of rotatable bonds is 6. The largest absolute Gasteiger partial charge is 0.355 e. The Labute approximate surface area is 117 Å². The zero-order chi connectivity index (χ0) is 14.6. The molecule has 0 saturated carbocycles. The summed E-state index contributed by atoms with van der Waals surface area (Å²) in [5.41, 5.74) is 0. The number of nitrogens with zero attached hydrogens (tertiary/aromatic N) is 3. The Bertz CT molecular complexity index is 555. The molecule has 1 aromatic heterocycles. The molecule has 1 amide bonds. The summed E-state index contributed by atoms with van der Waals surface area (Å²) < 4.78 is 26.6. The molecule has 1 heterocycles. The lowest BCUT2D eigenvalue weighted by atomic mass is 10.4. The van der Waals surface area contributed by atoms with Gasteiger partial charge in [-0.15, -0.1) is 0 Å². The molecule has 0 spiro atoms. The lowest BCUT2D eigenvalue weighted by molar-refractivity contribution is -0.121. The van der Waals surface area contributed by atoms with Crippen molar-refractivity contribution in [2.24, 2.45) is 7.05 Å². The minimum absolute atomic E-state index is 0.0146. The van der Waals surface area contributed by atoms with Crippen LogP contribution in [0.1, 0.15) is 13.3 Å². The molecule has 0 aliphatic carbocycles. The fourth-order valence-electron chi connectivity index (χ4n) is 1.32. The molecule has 0 radical (unpaired) electrons. The van der Waals surface area contributed by atoms with E-state index >= 15 is 0 Å². The first-order valence-electron chi connectivity index (χ1n) is 5.70. The molecule has 1 rings (SSSR count). The predicted octanol–water partition coefficient (Wildman–Crippen LogP) is 0.220. The van der Waals surface area contributed by atoms with Crippen LogP contribution in [-0.2, 0) is 21.9 Å². The molecule has 0 atom stereocenters. The zero-order valence-electron chi connectivity index (χ0n) is 11.1. The number of halogens is 1. The number of imidazole rings is 1.